The summed E-state index contributed by atoms with van der Waals surface area (Å²) in [7, 11) is 0. The van der Waals surface area contributed by atoms with Crippen LogP contribution in [0.5, 0.6) is 0 Å². The maximum atomic E-state index is 11.8. The molecule has 3 nitrogen and oxygen atoms in total. The van der Waals surface area contributed by atoms with E-state index in [9.17, 15) is 4.79 Å². The minimum atomic E-state index is 0. The van der Waals surface area contributed by atoms with Gasteiger partial charge >= 0.3 is 0 Å². The summed E-state index contributed by atoms with van der Waals surface area (Å²) in [5, 5.41) is 6.70. The Kier molecular flexibility index (Phi) is 5.79. The molecule has 1 atom stereocenters. The molecule has 15 heavy (non-hydrogen) atoms. The van der Waals surface area contributed by atoms with Crippen molar-refractivity contribution in [3.05, 3.63) is 0 Å². The molecule has 0 aromatic heterocycles. The van der Waals surface area contributed by atoms with Crippen molar-refractivity contribution >= 4 is 30.1 Å². The first-order valence-electron chi connectivity index (χ1n) is 5.49. The number of hydrogen-bond acceptors (Lipinski definition) is 3. The van der Waals surface area contributed by atoms with Crippen LogP contribution in [0, 0.1) is 0 Å². The first-order chi connectivity index (χ1) is 6.86. The van der Waals surface area contributed by atoms with E-state index in [1.165, 1.54) is 6.42 Å². The third kappa shape index (κ3) is 3.85. The molecule has 2 heterocycles. The molecule has 2 rings (SSSR count). The molecule has 5 heteroatoms. The Labute approximate surface area is 102 Å². The van der Waals surface area contributed by atoms with Crippen LogP contribution in [0.15, 0.2) is 0 Å². The molecule has 2 N–H and O–H groups in total. The van der Waals surface area contributed by atoms with Gasteiger partial charge in [-0.25, -0.2) is 0 Å². The number of carbonyl (C=O) groups is 1. The molecule has 0 aromatic carbocycles. The lowest BCUT2D eigenvalue weighted by Gasteiger charge is -2.24. The molecule has 0 aromatic rings. The van der Waals surface area contributed by atoms with Crippen molar-refractivity contribution in [1.29, 1.82) is 0 Å². The van der Waals surface area contributed by atoms with E-state index < -0.39 is 0 Å². The fourth-order valence-corrected chi connectivity index (χ4v) is 3.22. The molecule has 88 valence electrons. The molecule has 0 saturated carbocycles. The number of piperidine rings is 1. The third-order valence-corrected chi connectivity index (χ3v) is 4.28. The van der Waals surface area contributed by atoms with E-state index in [1.54, 1.807) is 0 Å². The quantitative estimate of drug-likeness (QED) is 0.773. The van der Waals surface area contributed by atoms with Crippen LogP contribution >= 0.6 is 24.2 Å². The van der Waals surface area contributed by atoms with Gasteiger partial charge < -0.3 is 10.6 Å². The summed E-state index contributed by atoms with van der Waals surface area (Å²) in [6.07, 6.45) is 4.45. The predicted molar refractivity (Wildman–Crippen MR) is 66.8 cm³/mol. The minimum absolute atomic E-state index is 0. The zero-order valence-electron chi connectivity index (χ0n) is 8.83. The molecule has 2 saturated heterocycles. The molecule has 2 fully saturated rings. The van der Waals surface area contributed by atoms with Crippen molar-refractivity contribution in [3.8, 4) is 0 Å². The predicted octanol–water partition coefficient (Wildman–Crippen LogP) is 1.17. The summed E-state index contributed by atoms with van der Waals surface area (Å²) >= 11 is 1.81. The Balaban J connectivity index is 0.00000112. The van der Waals surface area contributed by atoms with E-state index in [-0.39, 0.29) is 23.6 Å². The van der Waals surface area contributed by atoms with Gasteiger partial charge in [0, 0.05) is 6.04 Å². The zero-order chi connectivity index (χ0) is 9.80. The maximum Gasteiger partial charge on any atom is 0.233 e. The summed E-state index contributed by atoms with van der Waals surface area (Å²) in [5.74, 6) is 1.43. The molecule has 2 aliphatic heterocycles. The summed E-state index contributed by atoms with van der Waals surface area (Å²) in [5.41, 5.74) is 0. The first-order valence-corrected chi connectivity index (χ1v) is 6.54. The summed E-state index contributed by atoms with van der Waals surface area (Å²) in [6, 6.07) is 0.421. The fourth-order valence-electron chi connectivity index (χ4n) is 2.04. The summed E-state index contributed by atoms with van der Waals surface area (Å²) in [6.45, 7) is 2.09. The first kappa shape index (κ1) is 13.1. The van der Waals surface area contributed by atoms with E-state index in [1.807, 2.05) is 11.8 Å². The van der Waals surface area contributed by atoms with Gasteiger partial charge in [-0.3, -0.25) is 4.79 Å². The second-order valence-corrected chi connectivity index (χ2v) is 5.35. The SMILES string of the molecule is Cl.O=C(NC1CCNCC1)C1CCCS1. The number of amides is 1. The highest BCUT2D eigenvalue weighted by atomic mass is 35.5. The molecular weight excluding hydrogens is 232 g/mol. The maximum absolute atomic E-state index is 11.8. The van der Waals surface area contributed by atoms with Gasteiger partial charge in [-0.05, 0) is 44.5 Å². The average molecular weight is 251 g/mol. The van der Waals surface area contributed by atoms with E-state index in [4.69, 9.17) is 0 Å². The Morgan fingerprint density at radius 2 is 2.00 bits per heavy atom. The monoisotopic (exact) mass is 250 g/mol. The van der Waals surface area contributed by atoms with Gasteiger partial charge in [-0.1, -0.05) is 0 Å². The van der Waals surface area contributed by atoms with Crippen LogP contribution in [0.1, 0.15) is 25.7 Å². The van der Waals surface area contributed by atoms with Crippen LogP contribution in [0.25, 0.3) is 0 Å². The van der Waals surface area contributed by atoms with Gasteiger partial charge in [-0.2, -0.15) is 0 Å². The van der Waals surface area contributed by atoms with Gasteiger partial charge in [0.05, 0.1) is 5.25 Å². The number of rotatable bonds is 2. The van der Waals surface area contributed by atoms with Gasteiger partial charge in [0.25, 0.3) is 0 Å². The number of thioether (sulfide) groups is 1. The summed E-state index contributed by atoms with van der Waals surface area (Å²) in [4.78, 5) is 11.8. The Morgan fingerprint density at radius 3 is 2.60 bits per heavy atom. The van der Waals surface area contributed by atoms with Crippen LogP contribution in [0.4, 0.5) is 0 Å². The number of carbonyl (C=O) groups excluding carboxylic acids is 1. The lowest BCUT2D eigenvalue weighted by atomic mass is 10.1. The van der Waals surface area contributed by atoms with Crippen LogP contribution < -0.4 is 10.6 Å². The molecule has 2 aliphatic rings. The smallest absolute Gasteiger partial charge is 0.233 e. The minimum Gasteiger partial charge on any atom is -0.352 e. The van der Waals surface area contributed by atoms with Crippen LogP contribution in [-0.4, -0.2) is 36.0 Å². The van der Waals surface area contributed by atoms with E-state index in [2.05, 4.69) is 10.6 Å². The largest absolute Gasteiger partial charge is 0.352 e. The van der Waals surface area contributed by atoms with Crippen molar-refractivity contribution in [2.24, 2.45) is 0 Å². The molecule has 0 aliphatic carbocycles. The number of halogens is 1. The fraction of sp³-hybridized carbons (Fsp3) is 0.900. The molecular formula is C10H19ClN2OS. The van der Waals surface area contributed by atoms with Crippen LogP contribution in [0.2, 0.25) is 0 Å². The van der Waals surface area contributed by atoms with E-state index in [0.717, 1.165) is 38.1 Å². The second kappa shape index (κ2) is 6.61. The normalized spacial score (nSPS) is 27.1. The highest BCUT2D eigenvalue weighted by Gasteiger charge is 2.25. The second-order valence-electron chi connectivity index (χ2n) is 4.03. The van der Waals surface area contributed by atoms with E-state index >= 15 is 0 Å². The highest BCUT2D eigenvalue weighted by molar-refractivity contribution is 8.00. The average Bonchev–Trinajstić information content (AvgIpc) is 2.72. The standard InChI is InChI=1S/C10H18N2OS.ClH/c13-10(9-2-1-7-14-9)12-8-3-5-11-6-4-8;/h8-9,11H,1-7H2,(H,12,13);1H. The molecule has 0 radical (unpaired) electrons. The Morgan fingerprint density at radius 1 is 1.27 bits per heavy atom. The third-order valence-electron chi connectivity index (χ3n) is 2.91. The molecule has 1 unspecified atom stereocenters. The molecule has 0 bridgehead atoms. The van der Waals surface area contributed by atoms with Crippen molar-refractivity contribution in [1.82, 2.24) is 10.6 Å². The lowest BCUT2D eigenvalue weighted by Crippen LogP contribution is -2.45. The van der Waals surface area contributed by atoms with Crippen molar-refractivity contribution in [3.63, 3.8) is 0 Å². The van der Waals surface area contributed by atoms with Gasteiger partial charge in [0.2, 0.25) is 5.91 Å². The van der Waals surface area contributed by atoms with Crippen LogP contribution in [0.3, 0.4) is 0 Å². The van der Waals surface area contributed by atoms with Crippen LogP contribution in [-0.2, 0) is 4.79 Å². The zero-order valence-corrected chi connectivity index (χ0v) is 10.5. The number of hydrogen-bond donors (Lipinski definition) is 2. The topological polar surface area (TPSA) is 41.1 Å². The molecule has 1 amide bonds. The lowest BCUT2D eigenvalue weighted by molar-refractivity contribution is -0.121. The highest BCUT2D eigenvalue weighted by Crippen LogP contribution is 2.26. The Bertz CT molecular complexity index is 204. The van der Waals surface area contributed by atoms with E-state index in [0.29, 0.717) is 6.04 Å². The molecule has 0 spiro atoms. The summed E-state index contributed by atoms with van der Waals surface area (Å²) < 4.78 is 0. The van der Waals surface area contributed by atoms with Gasteiger partial charge in [0.15, 0.2) is 0 Å². The number of nitrogens with one attached hydrogen (secondary N) is 2. The van der Waals surface area contributed by atoms with Gasteiger partial charge in [-0.15, -0.1) is 24.2 Å². The van der Waals surface area contributed by atoms with Crippen molar-refractivity contribution < 1.29 is 4.79 Å². The van der Waals surface area contributed by atoms with Crippen molar-refractivity contribution in [2.45, 2.75) is 37.0 Å². The van der Waals surface area contributed by atoms with Gasteiger partial charge in [0.1, 0.15) is 0 Å². The van der Waals surface area contributed by atoms with Crippen molar-refractivity contribution in [2.75, 3.05) is 18.8 Å². The Hall–Kier alpha value is 0.0700.